The molecule has 1 N–H and O–H groups in total. The Kier molecular flexibility index (Phi) is 6.03. The predicted molar refractivity (Wildman–Crippen MR) is 103 cm³/mol. The quantitative estimate of drug-likeness (QED) is 0.626. The molecular formula is C19H20ClN5O2. The Balaban J connectivity index is 1.46. The van der Waals surface area contributed by atoms with E-state index in [2.05, 4.69) is 20.8 Å². The lowest BCUT2D eigenvalue weighted by Gasteiger charge is -2.10. The number of carbonyl (C=O) groups excluding carboxylic acids is 1. The molecule has 0 radical (unpaired) electrons. The minimum atomic E-state index is -0.0551. The summed E-state index contributed by atoms with van der Waals surface area (Å²) in [4.78, 5) is 12.1. The van der Waals surface area contributed by atoms with Gasteiger partial charge in [-0.1, -0.05) is 11.6 Å². The van der Waals surface area contributed by atoms with Crippen molar-refractivity contribution >= 4 is 23.2 Å². The smallest absolute Gasteiger partial charge is 0.224 e. The maximum absolute atomic E-state index is 12.1. The molecule has 0 atom stereocenters. The molecule has 0 bridgehead atoms. The van der Waals surface area contributed by atoms with Crippen LogP contribution in [0.25, 0.3) is 5.69 Å². The largest absolute Gasteiger partial charge is 0.494 e. The number of ether oxygens (including phenoxy) is 1. The van der Waals surface area contributed by atoms with Gasteiger partial charge in [-0.25, -0.2) is 4.68 Å². The van der Waals surface area contributed by atoms with E-state index >= 15 is 0 Å². The van der Waals surface area contributed by atoms with Crippen LogP contribution in [0.2, 0.25) is 5.02 Å². The fraction of sp³-hybridized carbons (Fsp3) is 0.263. The van der Waals surface area contributed by atoms with Crippen LogP contribution < -0.4 is 10.1 Å². The zero-order valence-corrected chi connectivity index (χ0v) is 15.9. The van der Waals surface area contributed by atoms with Crippen molar-refractivity contribution in [2.75, 3.05) is 11.9 Å². The van der Waals surface area contributed by atoms with Crippen molar-refractivity contribution in [2.24, 2.45) is 0 Å². The molecule has 0 unspecified atom stereocenters. The molecule has 0 fully saturated rings. The molecule has 0 saturated carbocycles. The molecule has 0 aliphatic carbocycles. The first-order chi connectivity index (χ1) is 13.0. The summed E-state index contributed by atoms with van der Waals surface area (Å²) in [5.74, 6) is 0.701. The predicted octanol–water partition coefficient (Wildman–Crippen LogP) is 3.73. The number of benzene rings is 2. The number of amides is 1. The Morgan fingerprint density at radius 1 is 1.19 bits per heavy atom. The number of hydrogen-bond acceptors (Lipinski definition) is 5. The zero-order valence-electron chi connectivity index (χ0n) is 15.1. The van der Waals surface area contributed by atoms with Gasteiger partial charge in [-0.3, -0.25) is 4.79 Å². The lowest BCUT2D eigenvalue weighted by molar-refractivity contribution is -0.116. The third kappa shape index (κ3) is 5.04. The average molecular weight is 386 g/mol. The number of rotatable bonds is 7. The van der Waals surface area contributed by atoms with Gasteiger partial charge in [-0.05, 0) is 78.2 Å². The molecule has 0 aliphatic heterocycles. The molecule has 0 aliphatic rings. The van der Waals surface area contributed by atoms with Gasteiger partial charge in [0, 0.05) is 17.1 Å². The van der Waals surface area contributed by atoms with Crippen LogP contribution in [-0.4, -0.2) is 32.7 Å². The van der Waals surface area contributed by atoms with Crippen LogP contribution in [-0.2, 0) is 4.79 Å². The molecule has 1 amide bonds. The van der Waals surface area contributed by atoms with E-state index in [0.29, 0.717) is 24.5 Å². The monoisotopic (exact) mass is 385 g/mol. The molecule has 0 saturated heterocycles. The lowest BCUT2D eigenvalue weighted by atomic mass is 10.1. The fourth-order valence-corrected chi connectivity index (χ4v) is 2.73. The van der Waals surface area contributed by atoms with Crippen molar-refractivity contribution in [3.05, 3.63) is 58.9 Å². The number of tetrazole rings is 1. The van der Waals surface area contributed by atoms with Crippen molar-refractivity contribution in [2.45, 2.75) is 26.7 Å². The lowest BCUT2D eigenvalue weighted by Crippen LogP contribution is -2.13. The van der Waals surface area contributed by atoms with E-state index in [1.165, 1.54) is 6.33 Å². The van der Waals surface area contributed by atoms with Crippen molar-refractivity contribution in [1.82, 2.24) is 20.2 Å². The number of hydrogen-bond donors (Lipinski definition) is 1. The zero-order chi connectivity index (χ0) is 19.2. The summed E-state index contributed by atoms with van der Waals surface area (Å²) < 4.78 is 7.24. The van der Waals surface area contributed by atoms with Gasteiger partial charge >= 0.3 is 0 Å². The molecule has 8 heteroatoms. The molecule has 0 spiro atoms. The standard InChI is InChI=1S/C19H20ClN5O2/c1-13-11-16(6-7-17(13)20)27-9-3-4-19(26)22-15-5-8-18(14(2)10-15)25-12-21-23-24-25/h5-8,10-12H,3-4,9H2,1-2H3,(H,22,26). The summed E-state index contributed by atoms with van der Waals surface area (Å²) in [6.07, 6.45) is 2.53. The van der Waals surface area contributed by atoms with Crippen LogP contribution in [0.3, 0.4) is 0 Å². The summed E-state index contributed by atoms with van der Waals surface area (Å²) in [7, 11) is 0. The molecule has 1 aromatic heterocycles. The normalized spacial score (nSPS) is 10.6. The molecule has 27 heavy (non-hydrogen) atoms. The highest BCUT2D eigenvalue weighted by Crippen LogP contribution is 2.21. The van der Waals surface area contributed by atoms with Crippen molar-refractivity contribution < 1.29 is 9.53 Å². The number of nitrogens with zero attached hydrogens (tertiary/aromatic N) is 4. The van der Waals surface area contributed by atoms with Gasteiger partial charge in [0.2, 0.25) is 5.91 Å². The highest BCUT2D eigenvalue weighted by Gasteiger charge is 2.07. The third-order valence-corrected chi connectivity index (χ3v) is 4.45. The average Bonchev–Trinajstić information content (AvgIpc) is 3.16. The minimum absolute atomic E-state index is 0.0551. The first-order valence-corrected chi connectivity index (χ1v) is 8.93. The Labute approximate surface area is 162 Å². The fourth-order valence-electron chi connectivity index (χ4n) is 2.62. The van der Waals surface area contributed by atoms with E-state index in [1.54, 1.807) is 10.7 Å². The second kappa shape index (κ2) is 8.64. The van der Waals surface area contributed by atoms with Gasteiger partial charge in [0.15, 0.2) is 0 Å². The molecule has 1 heterocycles. The summed E-state index contributed by atoms with van der Waals surface area (Å²) in [6, 6.07) is 11.1. The van der Waals surface area contributed by atoms with Gasteiger partial charge < -0.3 is 10.1 Å². The Hall–Kier alpha value is -2.93. The number of aryl methyl sites for hydroxylation is 2. The highest BCUT2D eigenvalue weighted by atomic mass is 35.5. The highest BCUT2D eigenvalue weighted by molar-refractivity contribution is 6.31. The van der Waals surface area contributed by atoms with Gasteiger partial charge in [0.25, 0.3) is 0 Å². The molecular weight excluding hydrogens is 366 g/mol. The Bertz CT molecular complexity index is 928. The van der Waals surface area contributed by atoms with Gasteiger partial charge in [0.05, 0.1) is 12.3 Å². The van der Waals surface area contributed by atoms with Gasteiger partial charge in [-0.15, -0.1) is 5.10 Å². The second-order valence-electron chi connectivity index (χ2n) is 6.17. The molecule has 2 aromatic carbocycles. The van der Waals surface area contributed by atoms with Crippen LogP contribution >= 0.6 is 11.6 Å². The maximum atomic E-state index is 12.1. The number of nitrogens with one attached hydrogen (secondary N) is 1. The van der Waals surface area contributed by atoms with Gasteiger partial charge in [0.1, 0.15) is 12.1 Å². The van der Waals surface area contributed by atoms with Crippen molar-refractivity contribution in [3.63, 3.8) is 0 Å². The van der Waals surface area contributed by atoms with E-state index < -0.39 is 0 Å². The molecule has 3 aromatic rings. The first-order valence-electron chi connectivity index (χ1n) is 8.56. The number of halogens is 1. The summed E-state index contributed by atoms with van der Waals surface area (Å²) >= 11 is 5.99. The minimum Gasteiger partial charge on any atom is -0.494 e. The van der Waals surface area contributed by atoms with E-state index in [0.717, 1.165) is 28.3 Å². The number of carbonyl (C=O) groups is 1. The molecule has 3 rings (SSSR count). The number of aromatic nitrogens is 4. The van der Waals surface area contributed by atoms with Crippen molar-refractivity contribution in [1.29, 1.82) is 0 Å². The van der Waals surface area contributed by atoms with E-state index in [-0.39, 0.29) is 5.91 Å². The van der Waals surface area contributed by atoms with Crippen LogP contribution in [0.1, 0.15) is 24.0 Å². The van der Waals surface area contributed by atoms with Gasteiger partial charge in [-0.2, -0.15) is 0 Å². The number of anilines is 1. The second-order valence-corrected chi connectivity index (χ2v) is 6.57. The van der Waals surface area contributed by atoms with Crippen LogP contribution in [0, 0.1) is 13.8 Å². The van der Waals surface area contributed by atoms with Crippen LogP contribution in [0.4, 0.5) is 5.69 Å². The van der Waals surface area contributed by atoms with E-state index in [9.17, 15) is 4.79 Å². The first kappa shape index (κ1) is 18.8. The summed E-state index contributed by atoms with van der Waals surface area (Å²) in [5, 5.41) is 14.7. The van der Waals surface area contributed by atoms with E-state index in [1.807, 2.05) is 44.2 Å². The summed E-state index contributed by atoms with van der Waals surface area (Å²) in [6.45, 7) is 4.33. The molecule has 140 valence electrons. The van der Waals surface area contributed by atoms with E-state index in [4.69, 9.17) is 16.3 Å². The Morgan fingerprint density at radius 2 is 2.04 bits per heavy atom. The molecule has 7 nitrogen and oxygen atoms in total. The topological polar surface area (TPSA) is 81.9 Å². The van der Waals surface area contributed by atoms with Crippen LogP contribution in [0.5, 0.6) is 5.75 Å². The maximum Gasteiger partial charge on any atom is 0.224 e. The SMILES string of the molecule is Cc1cc(OCCCC(=O)Nc2ccc(-n3cnnn3)c(C)c2)ccc1Cl. The Morgan fingerprint density at radius 3 is 2.74 bits per heavy atom. The third-order valence-electron chi connectivity index (χ3n) is 4.02. The van der Waals surface area contributed by atoms with Crippen LogP contribution in [0.15, 0.2) is 42.7 Å². The summed E-state index contributed by atoms with van der Waals surface area (Å²) in [5.41, 5.74) is 3.53. The van der Waals surface area contributed by atoms with Crippen molar-refractivity contribution in [3.8, 4) is 11.4 Å².